The number of ether oxygens (including phenoxy) is 2. The molecule has 0 aliphatic rings. The highest BCUT2D eigenvalue weighted by Crippen LogP contribution is 2.38. The van der Waals surface area contributed by atoms with Gasteiger partial charge in [-0.2, -0.15) is 0 Å². The summed E-state index contributed by atoms with van der Waals surface area (Å²) in [5.41, 5.74) is -9.33. The van der Waals surface area contributed by atoms with Gasteiger partial charge in [-0.05, 0) is 27.7 Å². The van der Waals surface area contributed by atoms with Crippen LogP contribution in [-0.4, -0.2) is 93.4 Å². The first-order chi connectivity index (χ1) is 11.7. The fraction of sp³-hybridized carbons (Fsp3) is 0.750. The zero-order valence-corrected chi connectivity index (χ0v) is 15.6. The number of hydrogen-bond donors (Lipinski definition) is 4. The van der Waals surface area contributed by atoms with Crippen LogP contribution in [0.15, 0.2) is 0 Å². The van der Waals surface area contributed by atoms with Crippen LogP contribution < -0.4 is 0 Å². The second-order valence-electron chi connectivity index (χ2n) is 6.18. The Bertz CT molecular complexity index is 588. The van der Waals surface area contributed by atoms with E-state index in [-0.39, 0.29) is 0 Å². The van der Waals surface area contributed by atoms with Gasteiger partial charge in [0, 0.05) is 14.2 Å². The van der Waals surface area contributed by atoms with Gasteiger partial charge in [-0.3, -0.25) is 19.2 Å². The van der Waals surface area contributed by atoms with Crippen molar-refractivity contribution in [2.24, 2.45) is 0 Å². The molecule has 0 fully saturated rings. The molecule has 0 saturated heterocycles. The molecular formula is C16H26O10. The summed E-state index contributed by atoms with van der Waals surface area (Å²) in [6.45, 7) is 2.35. The molecule has 0 aliphatic carbocycles. The van der Waals surface area contributed by atoms with Gasteiger partial charge in [-0.15, -0.1) is 0 Å². The molecule has 0 saturated carbocycles. The van der Waals surface area contributed by atoms with Crippen LogP contribution in [0.4, 0.5) is 0 Å². The molecule has 26 heavy (non-hydrogen) atoms. The molecule has 0 aromatic heterocycles. The van der Waals surface area contributed by atoms with Gasteiger partial charge in [0.2, 0.25) is 0 Å². The SMILES string of the molecule is COC[C@](O)(C(C)=O)[C@](O)(C(C)=O)[C@H](OC)[C@@](O)(C(C)=O)C(O)C(C)=O. The Labute approximate surface area is 150 Å². The van der Waals surface area contributed by atoms with E-state index in [1.54, 1.807) is 0 Å². The Balaban J connectivity index is 6.92. The zero-order valence-electron chi connectivity index (χ0n) is 15.6. The quantitative estimate of drug-likeness (QED) is 0.303. The molecule has 0 heterocycles. The van der Waals surface area contributed by atoms with E-state index in [0.717, 1.165) is 41.9 Å². The predicted octanol–water partition coefficient (Wildman–Crippen LogP) is -2.44. The second kappa shape index (κ2) is 8.42. The lowest BCUT2D eigenvalue weighted by Crippen LogP contribution is -2.78. The van der Waals surface area contributed by atoms with Crippen LogP contribution >= 0.6 is 0 Å². The van der Waals surface area contributed by atoms with Crippen molar-refractivity contribution < 1.29 is 49.1 Å². The highest BCUT2D eigenvalue weighted by Gasteiger charge is 2.69. The van der Waals surface area contributed by atoms with Gasteiger partial charge in [0.25, 0.3) is 0 Å². The minimum absolute atomic E-state index is 0.774. The van der Waals surface area contributed by atoms with Crippen molar-refractivity contribution in [3.63, 3.8) is 0 Å². The first-order valence-electron chi connectivity index (χ1n) is 7.59. The van der Waals surface area contributed by atoms with Crippen molar-refractivity contribution in [2.45, 2.75) is 56.7 Å². The molecule has 4 N–H and O–H groups in total. The molecule has 1 unspecified atom stereocenters. The molecule has 10 heteroatoms. The molecular weight excluding hydrogens is 352 g/mol. The molecule has 150 valence electrons. The fourth-order valence-electron chi connectivity index (χ4n) is 2.88. The fourth-order valence-corrected chi connectivity index (χ4v) is 2.88. The van der Waals surface area contributed by atoms with Crippen molar-refractivity contribution in [3.05, 3.63) is 0 Å². The van der Waals surface area contributed by atoms with E-state index >= 15 is 0 Å². The minimum Gasteiger partial charge on any atom is -0.382 e. The minimum atomic E-state index is -3.24. The number of methoxy groups -OCH3 is 2. The van der Waals surface area contributed by atoms with Crippen molar-refractivity contribution >= 4 is 23.1 Å². The summed E-state index contributed by atoms with van der Waals surface area (Å²) in [6, 6.07) is 0. The van der Waals surface area contributed by atoms with E-state index in [0.29, 0.717) is 0 Å². The number of rotatable bonds is 11. The highest BCUT2D eigenvalue weighted by molar-refractivity contribution is 6.01. The first kappa shape index (κ1) is 24.4. The molecule has 0 spiro atoms. The molecule has 0 radical (unpaired) electrons. The van der Waals surface area contributed by atoms with Crippen LogP contribution in [0.3, 0.4) is 0 Å². The lowest BCUT2D eigenvalue weighted by atomic mass is 9.66. The zero-order chi connectivity index (χ0) is 21.1. The predicted molar refractivity (Wildman–Crippen MR) is 86.3 cm³/mol. The number of ketones is 4. The molecule has 0 bridgehead atoms. The van der Waals surface area contributed by atoms with Gasteiger partial charge in [0.15, 0.2) is 46.0 Å². The first-order valence-corrected chi connectivity index (χ1v) is 7.59. The van der Waals surface area contributed by atoms with Gasteiger partial charge < -0.3 is 29.9 Å². The van der Waals surface area contributed by atoms with Crippen molar-refractivity contribution in [1.82, 2.24) is 0 Å². The van der Waals surface area contributed by atoms with Gasteiger partial charge in [0.05, 0.1) is 6.61 Å². The third-order valence-corrected chi connectivity index (χ3v) is 4.48. The summed E-state index contributed by atoms with van der Waals surface area (Å²) < 4.78 is 9.60. The maximum absolute atomic E-state index is 12.3. The molecule has 0 aromatic carbocycles. The Kier molecular flexibility index (Phi) is 7.92. The summed E-state index contributed by atoms with van der Waals surface area (Å²) in [4.78, 5) is 48.0. The average molecular weight is 378 g/mol. The monoisotopic (exact) mass is 378 g/mol. The maximum atomic E-state index is 12.3. The molecule has 0 rings (SSSR count). The summed E-state index contributed by atoms with van der Waals surface area (Å²) in [5, 5.41) is 42.6. The standard InChI is InChI=1S/C16H26O10/c1-8(17)12(21)15(23,10(3)19)13(26-6)16(24,11(4)20)14(22,7-25-5)9(2)18/h12-13,21-24H,7H2,1-6H3/t12?,13-,14+,15-,16+/m1/s1. The van der Waals surface area contributed by atoms with Gasteiger partial charge in [-0.25, -0.2) is 0 Å². The van der Waals surface area contributed by atoms with E-state index in [1.807, 2.05) is 0 Å². The van der Waals surface area contributed by atoms with Crippen molar-refractivity contribution in [2.75, 3.05) is 20.8 Å². The van der Waals surface area contributed by atoms with Crippen LogP contribution in [0, 0.1) is 0 Å². The lowest BCUT2D eigenvalue weighted by Gasteiger charge is -2.49. The Hall–Kier alpha value is -1.56. The Morgan fingerprint density at radius 2 is 1.35 bits per heavy atom. The van der Waals surface area contributed by atoms with E-state index in [1.165, 1.54) is 0 Å². The lowest BCUT2D eigenvalue weighted by molar-refractivity contribution is -0.254. The molecule has 0 aliphatic heterocycles. The van der Waals surface area contributed by atoms with Crippen LogP contribution in [0.5, 0.6) is 0 Å². The van der Waals surface area contributed by atoms with E-state index in [4.69, 9.17) is 9.47 Å². The maximum Gasteiger partial charge on any atom is 0.190 e. The smallest absolute Gasteiger partial charge is 0.190 e. The number of Topliss-reactive ketones (excluding diaryl/α,β-unsaturated/α-hetero) is 4. The number of aliphatic hydroxyl groups is 4. The van der Waals surface area contributed by atoms with Crippen molar-refractivity contribution in [1.29, 1.82) is 0 Å². The largest absolute Gasteiger partial charge is 0.382 e. The topological polar surface area (TPSA) is 168 Å². The summed E-state index contributed by atoms with van der Waals surface area (Å²) in [7, 11) is 1.92. The van der Waals surface area contributed by atoms with Gasteiger partial charge in [0.1, 0.15) is 6.10 Å². The Morgan fingerprint density at radius 1 is 0.885 bits per heavy atom. The van der Waals surface area contributed by atoms with Gasteiger partial charge >= 0.3 is 0 Å². The normalized spacial score (nSPS) is 20.8. The number of carbonyl (C=O) groups is 4. The number of aliphatic hydroxyl groups excluding tert-OH is 1. The summed E-state index contributed by atoms with van der Waals surface area (Å²) >= 11 is 0. The Morgan fingerprint density at radius 3 is 1.58 bits per heavy atom. The van der Waals surface area contributed by atoms with E-state index < -0.39 is 58.8 Å². The summed E-state index contributed by atoms with van der Waals surface area (Å²) in [6.07, 6.45) is -4.79. The molecule has 10 nitrogen and oxygen atoms in total. The van der Waals surface area contributed by atoms with Crippen LogP contribution in [-0.2, 0) is 28.7 Å². The van der Waals surface area contributed by atoms with Crippen LogP contribution in [0.25, 0.3) is 0 Å². The summed E-state index contributed by atoms with van der Waals surface area (Å²) in [5.74, 6) is -4.72. The second-order valence-corrected chi connectivity index (χ2v) is 6.18. The highest BCUT2D eigenvalue weighted by atomic mass is 16.5. The third-order valence-electron chi connectivity index (χ3n) is 4.48. The molecule has 5 atom stereocenters. The average Bonchev–Trinajstić information content (AvgIpc) is 2.53. The van der Waals surface area contributed by atoms with E-state index in [9.17, 15) is 39.6 Å². The van der Waals surface area contributed by atoms with E-state index in [2.05, 4.69) is 0 Å². The van der Waals surface area contributed by atoms with Crippen molar-refractivity contribution in [3.8, 4) is 0 Å². The molecule has 0 aromatic rings. The van der Waals surface area contributed by atoms with Crippen LogP contribution in [0.1, 0.15) is 27.7 Å². The third kappa shape index (κ3) is 3.61. The van der Waals surface area contributed by atoms with Gasteiger partial charge in [-0.1, -0.05) is 0 Å². The van der Waals surface area contributed by atoms with Crippen LogP contribution in [0.2, 0.25) is 0 Å². The molecule has 0 amide bonds. The number of hydrogen-bond acceptors (Lipinski definition) is 10. The number of carbonyl (C=O) groups excluding carboxylic acids is 4.